The van der Waals surface area contributed by atoms with Crippen LogP contribution in [0.25, 0.3) is 0 Å². The van der Waals surface area contributed by atoms with Gasteiger partial charge in [-0.3, -0.25) is 9.69 Å². The first-order valence-corrected chi connectivity index (χ1v) is 8.56. The van der Waals surface area contributed by atoms with Gasteiger partial charge in [-0.05, 0) is 38.9 Å². The van der Waals surface area contributed by atoms with Crippen LogP contribution in [0.1, 0.15) is 25.8 Å². The zero-order valence-corrected chi connectivity index (χ0v) is 14.3. The summed E-state index contributed by atoms with van der Waals surface area (Å²) in [5.41, 5.74) is 2.11. The van der Waals surface area contributed by atoms with Crippen molar-refractivity contribution in [2.24, 2.45) is 4.99 Å². The molecule has 23 heavy (non-hydrogen) atoms. The number of aryl methyl sites for hydroxylation is 1. The fourth-order valence-corrected chi connectivity index (χ4v) is 3.22. The van der Waals surface area contributed by atoms with Crippen LogP contribution in [0.2, 0.25) is 0 Å². The third kappa shape index (κ3) is 3.24. The van der Waals surface area contributed by atoms with Gasteiger partial charge in [0.15, 0.2) is 0 Å². The molecule has 1 aromatic rings. The Bertz CT molecular complexity index is 588. The first-order chi connectivity index (χ1) is 11.1. The van der Waals surface area contributed by atoms with E-state index in [1.807, 2.05) is 31.2 Å². The first kappa shape index (κ1) is 16.0. The van der Waals surface area contributed by atoms with Gasteiger partial charge in [-0.1, -0.05) is 24.6 Å². The van der Waals surface area contributed by atoms with E-state index in [-0.39, 0.29) is 11.9 Å². The number of amides is 1. The SMILES string of the molecule is CCCN1CCN(C2=NC(C)C(=O)N2c2ccc(C)cc2)CC1. The molecular formula is C18H26N4O. The highest BCUT2D eigenvalue weighted by Gasteiger charge is 2.36. The second-order valence-electron chi connectivity index (χ2n) is 6.44. The number of anilines is 1. The van der Waals surface area contributed by atoms with E-state index in [9.17, 15) is 4.79 Å². The Morgan fingerprint density at radius 3 is 2.39 bits per heavy atom. The van der Waals surface area contributed by atoms with Crippen LogP contribution in [0.5, 0.6) is 0 Å². The van der Waals surface area contributed by atoms with Gasteiger partial charge in [-0.2, -0.15) is 0 Å². The second kappa shape index (κ2) is 6.71. The van der Waals surface area contributed by atoms with Gasteiger partial charge in [-0.15, -0.1) is 0 Å². The molecular weight excluding hydrogens is 288 g/mol. The molecule has 1 atom stereocenters. The van der Waals surface area contributed by atoms with Crippen molar-refractivity contribution in [3.63, 3.8) is 0 Å². The monoisotopic (exact) mass is 314 g/mol. The summed E-state index contributed by atoms with van der Waals surface area (Å²) in [6, 6.07) is 7.81. The Morgan fingerprint density at radius 2 is 1.78 bits per heavy atom. The third-order valence-electron chi connectivity index (χ3n) is 4.57. The molecule has 0 spiro atoms. The number of guanidine groups is 1. The summed E-state index contributed by atoms with van der Waals surface area (Å²) >= 11 is 0. The summed E-state index contributed by atoms with van der Waals surface area (Å²) in [4.78, 5) is 23.8. The highest BCUT2D eigenvalue weighted by atomic mass is 16.2. The lowest BCUT2D eigenvalue weighted by Crippen LogP contribution is -2.53. The molecule has 2 aliphatic heterocycles. The van der Waals surface area contributed by atoms with E-state index in [0.29, 0.717) is 0 Å². The molecule has 3 rings (SSSR count). The zero-order chi connectivity index (χ0) is 16.4. The van der Waals surface area contributed by atoms with Gasteiger partial charge in [-0.25, -0.2) is 9.89 Å². The maximum Gasteiger partial charge on any atom is 0.258 e. The minimum absolute atomic E-state index is 0.0693. The van der Waals surface area contributed by atoms with E-state index in [2.05, 4.69) is 28.6 Å². The molecule has 0 radical (unpaired) electrons. The van der Waals surface area contributed by atoms with Crippen molar-refractivity contribution in [3.8, 4) is 0 Å². The second-order valence-corrected chi connectivity index (χ2v) is 6.44. The van der Waals surface area contributed by atoms with Gasteiger partial charge in [0.05, 0.1) is 5.69 Å². The van der Waals surface area contributed by atoms with Gasteiger partial charge in [0.25, 0.3) is 5.91 Å². The van der Waals surface area contributed by atoms with Gasteiger partial charge in [0.2, 0.25) is 5.96 Å². The summed E-state index contributed by atoms with van der Waals surface area (Å²) in [5, 5.41) is 0. The average molecular weight is 314 g/mol. The zero-order valence-electron chi connectivity index (χ0n) is 14.3. The normalized spacial score (nSPS) is 22.7. The molecule has 1 saturated heterocycles. The third-order valence-corrected chi connectivity index (χ3v) is 4.57. The summed E-state index contributed by atoms with van der Waals surface area (Å²) in [6.45, 7) is 11.2. The van der Waals surface area contributed by atoms with E-state index in [0.717, 1.165) is 44.4 Å². The van der Waals surface area contributed by atoms with Crippen molar-refractivity contribution >= 4 is 17.6 Å². The van der Waals surface area contributed by atoms with Crippen LogP contribution in [0.15, 0.2) is 29.3 Å². The minimum atomic E-state index is -0.292. The van der Waals surface area contributed by atoms with Crippen molar-refractivity contribution in [1.29, 1.82) is 0 Å². The molecule has 0 saturated carbocycles. The van der Waals surface area contributed by atoms with E-state index in [1.54, 1.807) is 4.90 Å². The quantitative estimate of drug-likeness (QED) is 0.858. The van der Waals surface area contributed by atoms with Crippen LogP contribution in [-0.2, 0) is 4.79 Å². The number of carbonyl (C=O) groups excluding carboxylic acids is 1. The lowest BCUT2D eigenvalue weighted by Gasteiger charge is -2.37. The molecule has 1 unspecified atom stereocenters. The van der Waals surface area contributed by atoms with Crippen LogP contribution >= 0.6 is 0 Å². The van der Waals surface area contributed by atoms with Crippen LogP contribution < -0.4 is 4.90 Å². The Labute approximate surface area is 138 Å². The van der Waals surface area contributed by atoms with Gasteiger partial charge < -0.3 is 4.90 Å². The van der Waals surface area contributed by atoms with Crippen molar-refractivity contribution in [1.82, 2.24) is 9.80 Å². The smallest absolute Gasteiger partial charge is 0.258 e. The molecule has 0 aliphatic carbocycles. The lowest BCUT2D eigenvalue weighted by atomic mass is 10.2. The number of hydrogen-bond acceptors (Lipinski definition) is 4. The minimum Gasteiger partial charge on any atom is -0.340 e. The molecule has 0 N–H and O–H groups in total. The highest BCUT2D eigenvalue weighted by Crippen LogP contribution is 2.24. The van der Waals surface area contributed by atoms with Crippen molar-refractivity contribution in [2.75, 3.05) is 37.6 Å². The maximum absolute atomic E-state index is 12.6. The summed E-state index contributed by atoms with van der Waals surface area (Å²) in [6.07, 6.45) is 1.19. The molecule has 1 aromatic carbocycles. The van der Waals surface area contributed by atoms with E-state index in [1.165, 1.54) is 12.0 Å². The standard InChI is InChI=1S/C18H26N4O/c1-4-9-20-10-12-21(13-11-20)18-19-15(3)17(23)22(18)16-7-5-14(2)6-8-16/h5-8,15H,4,9-13H2,1-3H3. The number of carbonyl (C=O) groups is 1. The summed E-state index contributed by atoms with van der Waals surface area (Å²) in [5.74, 6) is 0.891. The van der Waals surface area contributed by atoms with Crippen LogP contribution in [0, 0.1) is 6.92 Å². The number of benzene rings is 1. The summed E-state index contributed by atoms with van der Waals surface area (Å²) < 4.78 is 0. The number of rotatable bonds is 3. The largest absolute Gasteiger partial charge is 0.340 e. The molecule has 0 aromatic heterocycles. The van der Waals surface area contributed by atoms with Crippen LogP contribution in [-0.4, -0.2) is 60.4 Å². The van der Waals surface area contributed by atoms with Crippen molar-refractivity contribution in [3.05, 3.63) is 29.8 Å². The number of piperazine rings is 1. The predicted octanol–water partition coefficient (Wildman–Crippen LogP) is 2.11. The van der Waals surface area contributed by atoms with Gasteiger partial charge in [0.1, 0.15) is 6.04 Å². The molecule has 124 valence electrons. The van der Waals surface area contributed by atoms with E-state index < -0.39 is 0 Å². The maximum atomic E-state index is 12.6. The Kier molecular flexibility index (Phi) is 4.66. The molecule has 5 heteroatoms. The van der Waals surface area contributed by atoms with E-state index in [4.69, 9.17) is 0 Å². The number of nitrogens with zero attached hydrogens (tertiary/aromatic N) is 4. The van der Waals surface area contributed by atoms with Gasteiger partial charge >= 0.3 is 0 Å². The molecule has 2 heterocycles. The predicted molar refractivity (Wildman–Crippen MR) is 93.9 cm³/mol. The molecule has 2 aliphatic rings. The average Bonchev–Trinajstić information content (AvgIpc) is 2.85. The number of aliphatic imine (C=N–C) groups is 1. The molecule has 5 nitrogen and oxygen atoms in total. The highest BCUT2D eigenvalue weighted by molar-refractivity contribution is 6.21. The van der Waals surface area contributed by atoms with Crippen LogP contribution in [0.3, 0.4) is 0 Å². The fraction of sp³-hybridized carbons (Fsp3) is 0.556. The summed E-state index contributed by atoms with van der Waals surface area (Å²) in [7, 11) is 0. The van der Waals surface area contributed by atoms with Crippen molar-refractivity contribution in [2.45, 2.75) is 33.2 Å². The first-order valence-electron chi connectivity index (χ1n) is 8.56. The van der Waals surface area contributed by atoms with Gasteiger partial charge in [0, 0.05) is 26.2 Å². The Morgan fingerprint density at radius 1 is 1.13 bits per heavy atom. The molecule has 1 fully saturated rings. The Balaban J connectivity index is 1.78. The fourth-order valence-electron chi connectivity index (χ4n) is 3.22. The molecule has 1 amide bonds. The molecule has 0 bridgehead atoms. The van der Waals surface area contributed by atoms with Crippen LogP contribution in [0.4, 0.5) is 5.69 Å². The van der Waals surface area contributed by atoms with Crippen molar-refractivity contribution < 1.29 is 4.79 Å². The number of hydrogen-bond donors (Lipinski definition) is 0. The van der Waals surface area contributed by atoms with E-state index >= 15 is 0 Å². The topological polar surface area (TPSA) is 39.1 Å². The lowest BCUT2D eigenvalue weighted by molar-refractivity contribution is -0.117. The Hall–Kier alpha value is -1.88.